The molecule has 0 saturated carbocycles. The van der Waals surface area contributed by atoms with E-state index >= 15 is 0 Å². The fraction of sp³-hybridized carbons (Fsp3) is 0.0455. The van der Waals surface area contributed by atoms with Gasteiger partial charge in [0, 0.05) is 12.5 Å². The van der Waals surface area contributed by atoms with Gasteiger partial charge in [-0.15, -0.1) is 0 Å². The van der Waals surface area contributed by atoms with Crippen LogP contribution in [0, 0.1) is 45.3 Å². The highest BCUT2D eigenvalue weighted by Gasteiger charge is 2.35. The molecular formula is C22H9N4O5Si. The number of carbonyl (C=O) groups excluding carboxylic acids is 3. The van der Waals surface area contributed by atoms with E-state index in [-0.39, 0.29) is 40.2 Å². The molecule has 0 fully saturated rings. The fourth-order valence-corrected chi connectivity index (χ4v) is 3.64. The first-order valence-corrected chi connectivity index (χ1v) is 9.92. The van der Waals surface area contributed by atoms with E-state index in [1.807, 2.05) is 24.3 Å². The average Bonchev–Trinajstić information content (AvgIpc) is 2.83. The van der Waals surface area contributed by atoms with Crippen molar-refractivity contribution in [1.29, 1.82) is 21.0 Å². The molecule has 2 aromatic rings. The van der Waals surface area contributed by atoms with E-state index in [0.717, 1.165) is 6.08 Å². The molecule has 0 N–H and O–H groups in total. The van der Waals surface area contributed by atoms with E-state index in [2.05, 4.69) is 0 Å². The molecule has 0 aromatic heterocycles. The Morgan fingerprint density at radius 3 is 1.66 bits per heavy atom. The molecule has 151 valence electrons. The molecule has 32 heavy (non-hydrogen) atoms. The number of carbonyl (C=O) groups is 1. The van der Waals surface area contributed by atoms with Crippen molar-refractivity contribution in [2.45, 2.75) is 6.42 Å². The third-order valence-corrected chi connectivity index (χ3v) is 5.37. The zero-order valence-corrected chi connectivity index (χ0v) is 17.1. The number of allylic oxidation sites excluding steroid dienone is 2. The maximum Gasteiger partial charge on any atom is 0.617 e. The van der Waals surface area contributed by atoms with Crippen molar-refractivity contribution in [3.05, 3.63) is 70.3 Å². The molecule has 0 atom stereocenters. The number of nitriles is 4. The number of hydrogen-bond acceptors (Lipinski definition) is 9. The van der Waals surface area contributed by atoms with E-state index in [1.165, 1.54) is 48.3 Å². The van der Waals surface area contributed by atoms with Gasteiger partial charge >= 0.3 is 9.28 Å². The summed E-state index contributed by atoms with van der Waals surface area (Å²) < 4.78 is 11.2. The van der Waals surface area contributed by atoms with E-state index in [0.29, 0.717) is 0 Å². The summed E-state index contributed by atoms with van der Waals surface area (Å²) in [6.07, 6.45) is 0.572. The molecule has 2 rings (SSSR count). The SMILES string of the molecule is N#Cc1ccc(O[Si](Oc2ccc(C#N)c(C#N)c2)C(=O)C(=C=O)CC=C=O)cc1C#N. The van der Waals surface area contributed by atoms with Crippen LogP contribution in [0.15, 0.2) is 48.0 Å². The molecule has 0 amide bonds. The molecule has 0 aliphatic heterocycles. The Morgan fingerprint density at radius 1 is 0.812 bits per heavy atom. The first kappa shape index (κ1) is 23.1. The number of nitrogens with zero attached hydrogens (tertiary/aromatic N) is 4. The molecule has 0 aliphatic rings. The van der Waals surface area contributed by atoms with Crippen molar-refractivity contribution >= 4 is 26.6 Å². The summed E-state index contributed by atoms with van der Waals surface area (Å²) in [6.45, 7) is 0. The van der Waals surface area contributed by atoms with Crippen LogP contribution in [0.5, 0.6) is 11.5 Å². The third-order valence-electron chi connectivity index (χ3n) is 3.86. The zero-order valence-electron chi connectivity index (χ0n) is 16.1. The Kier molecular flexibility index (Phi) is 8.00. The van der Waals surface area contributed by atoms with Gasteiger partial charge < -0.3 is 8.85 Å². The van der Waals surface area contributed by atoms with Crippen LogP contribution >= 0.6 is 0 Å². The third kappa shape index (κ3) is 5.44. The van der Waals surface area contributed by atoms with E-state index < -0.39 is 20.3 Å². The highest BCUT2D eigenvalue weighted by atomic mass is 28.3. The summed E-state index contributed by atoms with van der Waals surface area (Å²) in [7, 11) is -3.03. The molecule has 0 bridgehead atoms. The van der Waals surface area contributed by atoms with Crippen LogP contribution < -0.4 is 8.85 Å². The van der Waals surface area contributed by atoms with Gasteiger partial charge in [0.25, 0.3) is 0 Å². The Morgan fingerprint density at radius 2 is 1.28 bits per heavy atom. The van der Waals surface area contributed by atoms with Crippen LogP contribution in [-0.2, 0) is 14.4 Å². The molecule has 1 radical (unpaired) electrons. The fourth-order valence-electron chi connectivity index (χ4n) is 2.33. The first-order chi connectivity index (χ1) is 15.5. The summed E-state index contributed by atoms with van der Waals surface area (Å²) in [5.74, 6) is 2.95. The second-order valence-electron chi connectivity index (χ2n) is 5.79. The average molecular weight is 437 g/mol. The van der Waals surface area contributed by atoms with Crippen molar-refractivity contribution in [3.63, 3.8) is 0 Å². The number of benzene rings is 2. The molecule has 2 aromatic carbocycles. The van der Waals surface area contributed by atoms with Gasteiger partial charge in [-0.2, -0.15) is 21.0 Å². The molecule has 0 spiro atoms. The van der Waals surface area contributed by atoms with Gasteiger partial charge in [0.2, 0.25) is 5.41 Å². The zero-order chi connectivity index (χ0) is 23.5. The molecular weight excluding hydrogens is 428 g/mol. The van der Waals surface area contributed by atoms with Crippen LogP contribution in [0.1, 0.15) is 28.7 Å². The van der Waals surface area contributed by atoms with Crippen molar-refractivity contribution in [2.24, 2.45) is 0 Å². The highest BCUT2D eigenvalue weighted by molar-refractivity contribution is 6.85. The van der Waals surface area contributed by atoms with E-state index in [9.17, 15) is 24.9 Å². The van der Waals surface area contributed by atoms with Gasteiger partial charge in [-0.05, 0) is 36.4 Å². The minimum absolute atomic E-state index is 0.000944. The summed E-state index contributed by atoms with van der Waals surface area (Å²) >= 11 is 0. The van der Waals surface area contributed by atoms with Gasteiger partial charge in [-0.25, -0.2) is 9.59 Å². The maximum atomic E-state index is 12.9. The lowest BCUT2D eigenvalue weighted by molar-refractivity contribution is -0.110. The van der Waals surface area contributed by atoms with Crippen molar-refractivity contribution in [1.82, 2.24) is 0 Å². The molecule has 10 heteroatoms. The Balaban J connectivity index is 2.47. The smallest absolute Gasteiger partial charge is 0.505 e. The predicted molar refractivity (Wildman–Crippen MR) is 108 cm³/mol. The summed E-state index contributed by atoms with van der Waals surface area (Å²) in [4.78, 5) is 34.6. The normalized spacial score (nSPS) is 9.03. The van der Waals surface area contributed by atoms with Crippen molar-refractivity contribution in [2.75, 3.05) is 0 Å². The Labute approximate surface area is 183 Å². The summed E-state index contributed by atoms with van der Waals surface area (Å²) in [5.41, 5.74) is -0.240. The molecule has 0 unspecified atom stereocenters. The largest absolute Gasteiger partial charge is 0.617 e. The lowest BCUT2D eigenvalue weighted by atomic mass is 10.1. The standard InChI is InChI=1S/C22H9N4O5Si/c23-10-15-3-5-20(8-18(15)12-25)30-32(22(29)17(14-28)2-1-7-27)31-21-6-4-16(11-24)19(9-21)13-26/h1,3-6,8-9H,2H2. The van der Waals surface area contributed by atoms with Crippen LogP contribution in [0.4, 0.5) is 0 Å². The number of hydrogen-bond donors (Lipinski definition) is 0. The van der Waals surface area contributed by atoms with Crippen LogP contribution in [0.2, 0.25) is 0 Å². The molecule has 0 saturated heterocycles. The van der Waals surface area contributed by atoms with Gasteiger partial charge in [-0.3, -0.25) is 4.79 Å². The molecule has 0 aliphatic carbocycles. The summed E-state index contributed by atoms with van der Waals surface area (Å²) in [6, 6.07) is 15.1. The van der Waals surface area contributed by atoms with Crippen molar-refractivity contribution < 1.29 is 23.2 Å². The Bertz CT molecular complexity index is 1270. The second-order valence-corrected chi connectivity index (χ2v) is 7.23. The highest BCUT2D eigenvalue weighted by Crippen LogP contribution is 2.22. The number of rotatable bonds is 8. The van der Waals surface area contributed by atoms with E-state index in [1.54, 1.807) is 0 Å². The van der Waals surface area contributed by atoms with Crippen LogP contribution in [0.25, 0.3) is 0 Å². The van der Waals surface area contributed by atoms with Gasteiger partial charge in [0.1, 0.15) is 47.7 Å². The minimum Gasteiger partial charge on any atom is -0.505 e. The quantitative estimate of drug-likeness (QED) is 0.340. The lowest BCUT2D eigenvalue weighted by Crippen LogP contribution is -2.40. The minimum atomic E-state index is -3.03. The topological polar surface area (TPSA) is 165 Å². The predicted octanol–water partition coefficient (Wildman–Crippen LogP) is 1.76. The first-order valence-electron chi connectivity index (χ1n) is 8.60. The lowest BCUT2D eigenvalue weighted by Gasteiger charge is -2.16. The van der Waals surface area contributed by atoms with Crippen LogP contribution in [-0.4, -0.2) is 26.6 Å². The second kappa shape index (κ2) is 11.1. The molecule has 0 heterocycles. The van der Waals surface area contributed by atoms with Gasteiger partial charge in [-0.1, -0.05) is 0 Å². The summed E-state index contributed by atoms with van der Waals surface area (Å²) in [5, 5.41) is 35.6. The maximum absolute atomic E-state index is 12.9. The van der Waals surface area contributed by atoms with Crippen molar-refractivity contribution in [3.8, 4) is 35.8 Å². The van der Waals surface area contributed by atoms with Crippen LogP contribution in [0.3, 0.4) is 0 Å². The van der Waals surface area contributed by atoms with Gasteiger partial charge in [0.05, 0.1) is 27.8 Å². The van der Waals surface area contributed by atoms with E-state index in [4.69, 9.17) is 19.4 Å². The Hall–Kier alpha value is -5.21. The molecule has 9 nitrogen and oxygen atoms in total. The monoisotopic (exact) mass is 437 g/mol. The van der Waals surface area contributed by atoms with Gasteiger partial charge in [0.15, 0.2) is 0 Å².